The predicted octanol–water partition coefficient (Wildman–Crippen LogP) is 3.66. The van der Waals surface area contributed by atoms with E-state index >= 15 is 0 Å². The van der Waals surface area contributed by atoms with Crippen LogP contribution in [0.4, 0.5) is 0 Å². The molecule has 0 heterocycles. The van der Waals surface area contributed by atoms with Crippen LogP contribution in [0.1, 0.15) is 33.1 Å². The minimum Gasteiger partial charge on any atom is -0.151 e. The van der Waals surface area contributed by atoms with E-state index in [1.54, 1.807) is 0 Å². The molecule has 0 saturated carbocycles. The second-order valence-corrected chi connectivity index (χ2v) is 8.78. The molecule has 4 nitrogen and oxygen atoms in total. The summed E-state index contributed by atoms with van der Waals surface area (Å²) >= 11 is 1.77. The molecular formula is C6H14O4P2S2+2. The molecule has 0 fully saturated rings. The van der Waals surface area contributed by atoms with E-state index in [0.717, 1.165) is 29.2 Å². The molecule has 0 rings (SSSR count). The van der Waals surface area contributed by atoms with E-state index in [9.17, 15) is 9.13 Å². The van der Waals surface area contributed by atoms with Gasteiger partial charge in [-0.3, -0.25) is 0 Å². The Labute approximate surface area is 93.5 Å². The maximum atomic E-state index is 10.8. The van der Waals surface area contributed by atoms with Crippen LogP contribution in [0.2, 0.25) is 0 Å². The normalized spacial score (nSPS) is 17.4. The summed E-state index contributed by atoms with van der Waals surface area (Å²) in [6.07, 6.45) is 2.07. The third-order valence-corrected chi connectivity index (χ3v) is 7.90. The predicted molar refractivity (Wildman–Crippen MR) is 62.8 cm³/mol. The van der Waals surface area contributed by atoms with Crippen molar-refractivity contribution in [2.75, 3.05) is 0 Å². The van der Waals surface area contributed by atoms with Crippen LogP contribution in [-0.2, 0) is 9.13 Å². The molecule has 8 heteroatoms. The van der Waals surface area contributed by atoms with E-state index < -0.39 is 18.5 Å². The first kappa shape index (κ1) is 14.8. The largest absolute Gasteiger partial charge is 0.584 e. The zero-order chi connectivity index (χ0) is 11.2. The molecule has 0 aromatic carbocycles. The van der Waals surface area contributed by atoms with Gasteiger partial charge >= 0.3 is 14.5 Å². The van der Waals surface area contributed by atoms with Gasteiger partial charge in [0.1, 0.15) is 0 Å². The van der Waals surface area contributed by atoms with Crippen molar-refractivity contribution in [3.05, 3.63) is 0 Å². The van der Waals surface area contributed by atoms with Crippen LogP contribution < -0.4 is 0 Å². The fraction of sp³-hybridized carbons (Fsp3) is 1.00. The third-order valence-electron chi connectivity index (χ3n) is 1.66. The van der Waals surface area contributed by atoms with Gasteiger partial charge in [0.2, 0.25) is 0 Å². The third kappa shape index (κ3) is 5.64. The molecule has 0 saturated heterocycles. The minimum absolute atomic E-state index is 0.597. The molecule has 0 amide bonds. The Hall–Kier alpha value is 0.820. The molecule has 0 aliphatic heterocycles. The van der Waals surface area contributed by atoms with Gasteiger partial charge in [-0.25, -0.2) is 0 Å². The molecule has 82 valence electrons. The van der Waals surface area contributed by atoms with Gasteiger partial charge in [-0.15, -0.1) is 0 Å². The van der Waals surface area contributed by atoms with Gasteiger partial charge in [0, 0.05) is 0 Å². The number of hydrogen-bond donors (Lipinski definition) is 2. The molecule has 0 aromatic rings. The van der Waals surface area contributed by atoms with Crippen LogP contribution in [0.25, 0.3) is 0 Å². The molecule has 0 spiro atoms. The summed E-state index contributed by atoms with van der Waals surface area (Å²) in [5, 5.41) is 0. The van der Waals surface area contributed by atoms with Crippen molar-refractivity contribution < 1.29 is 18.9 Å². The lowest BCUT2D eigenvalue weighted by molar-refractivity contribution is 0.518. The summed E-state index contributed by atoms with van der Waals surface area (Å²) in [5.41, 5.74) is 0. The SMILES string of the molecule is CCCC(CC)(S[P+](=O)O)S[P+](=O)O. The molecule has 2 atom stereocenters. The van der Waals surface area contributed by atoms with E-state index in [1.165, 1.54) is 0 Å². The number of hydrogen-bond acceptors (Lipinski definition) is 4. The molecule has 14 heavy (non-hydrogen) atoms. The van der Waals surface area contributed by atoms with E-state index in [4.69, 9.17) is 9.79 Å². The minimum atomic E-state index is -2.33. The molecule has 0 bridgehead atoms. The second kappa shape index (κ2) is 7.15. The monoisotopic (exact) mass is 276 g/mol. The Kier molecular flexibility index (Phi) is 7.57. The van der Waals surface area contributed by atoms with Crippen LogP contribution in [0.3, 0.4) is 0 Å². The Morgan fingerprint density at radius 3 is 1.79 bits per heavy atom. The average Bonchev–Trinajstić information content (AvgIpc) is 2.02. The summed E-state index contributed by atoms with van der Waals surface area (Å²) in [5.74, 6) is 0. The smallest absolute Gasteiger partial charge is 0.151 e. The number of rotatable bonds is 7. The Morgan fingerprint density at radius 2 is 1.57 bits per heavy atom. The van der Waals surface area contributed by atoms with Crippen molar-refractivity contribution in [1.82, 2.24) is 0 Å². The molecule has 0 aromatic heterocycles. The average molecular weight is 276 g/mol. The highest BCUT2D eigenvalue weighted by Crippen LogP contribution is 2.60. The van der Waals surface area contributed by atoms with Crippen LogP contribution in [0.5, 0.6) is 0 Å². The highest BCUT2D eigenvalue weighted by molar-refractivity contribution is 8.62. The zero-order valence-corrected chi connectivity index (χ0v) is 11.5. The molecule has 0 radical (unpaired) electrons. The Balaban J connectivity index is 4.58. The van der Waals surface area contributed by atoms with Gasteiger partial charge in [0.25, 0.3) is 0 Å². The fourth-order valence-electron chi connectivity index (χ4n) is 1.08. The van der Waals surface area contributed by atoms with E-state index in [1.807, 2.05) is 13.8 Å². The summed E-state index contributed by atoms with van der Waals surface area (Å²) in [6.45, 7) is 3.80. The molecule has 2 unspecified atom stereocenters. The first-order chi connectivity index (χ1) is 6.45. The van der Waals surface area contributed by atoms with Crippen molar-refractivity contribution in [1.29, 1.82) is 0 Å². The quantitative estimate of drug-likeness (QED) is 0.546. The second-order valence-electron chi connectivity index (χ2n) is 2.67. The first-order valence-corrected chi connectivity index (χ1v) is 9.43. The zero-order valence-electron chi connectivity index (χ0n) is 8.04. The maximum Gasteiger partial charge on any atom is 0.584 e. The van der Waals surface area contributed by atoms with Gasteiger partial charge < -0.3 is 0 Å². The van der Waals surface area contributed by atoms with Gasteiger partial charge in [-0.2, -0.15) is 9.79 Å². The van der Waals surface area contributed by atoms with E-state index in [2.05, 4.69) is 0 Å². The highest BCUT2D eigenvalue weighted by atomic mass is 32.8. The van der Waals surface area contributed by atoms with Crippen LogP contribution >= 0.6 is 37.2 Å². The summed E-state index contributed by atoms with van der Waals surface area (Å²) in [4.78, 5) is 17.7. The fourth-order valence-corrected chi connectivity index (χ4v) is 8.01. The lowest BCUT2D eigenvalue weighted by Gasteiger charge is -2.17. The summed E-state index contributed by atoms with van der Waals surface area (Å²) < 4.78 is 20.9. The maximum absolute atomic E-state index is 10.8. The lowest BCUT2D eigenvalue weighted by atomic mass is 10.2. The van der Waals surface area contributed by atoms with E-state index in [-0.39, 0.29) is 0 Å². The van der Waals surface area contributed by atoms with Crippen LogP contribution in [-0.4, -0.2) is 13.9 Å². The standard InChI is InChI=1S/C6H12O4P2S2/c1-3-5-6(4-2,13-11(7)8)14-12(9)10/h3-5H2,1-2H3/p+2. The van der Waals surface area contributed by atoms with E-state index in [0.29, 0.717) is 12.8 Å². The molecule has 0 aliphatic rings. The lowest BCUT2D eigenvalue weighted by Crippen LogP contribution is -2.15. The Morgan fingerprint density at radius 1 is 1.14 bits per heavy atom. The van der Waals surface area contributed by atoms with Gasteiger partial charge in [0.15, 0.2) is 26.8 Å². The van der Waals surface area contributed by atoms with Gasteiger partial charge in [-0.05, 0) is 22.0 Å². The molecule has 2 N–H and O–H groups in total. The summed E-state index contributed by atoms with van der Waals surface area (Å²) in [6, 6.07) is 0. The summed E-state index contributed by atoms with van der Waals surface area (Å²) in [7, 11) is -4.66. The van der Waals surface area contributed by atoms with Crippen LogP contribution in [0.15, 0.2) is 0 Å². The molecular weight excluding hydrogens is 262 g/mol. The highest BCUT2D eigenvalue weighted by Gasteiger charge is 2.47. The van der Waals surface area contributed by atoms with Crippen molar-refractivity contribution in [2.24, 2.45) is 0 Å². The van der Waals surface area contributed by atoms with Crippen molar-refractivity contribution >= 4 is 37.2 Å². The van der Waals surface area contributed by atoms with Crippen molar-refractivity contribution in [2.45, 2.75) is 37.2 Å². The Bertz CT molecular complexity index is 208. The van der Waals surface area contributed by atoms with Gasteiger partial charge in [-0.1, -0.05) is 20.3 Å². The van der Waals surface area contributed by atoms with Crippen molar-refractivity contribution in [3.8, 4) is 0 Å². The van der Waals surface area contributed by atoms with Gasteiger partial charge in [0.05, 0.1) is 0 Å². The topological polar surface area (TPSA) is 74.6 Å². The molecule has 0 aliphatic carbocycles. The van der Waals surface area contributed by atoms with Crippen molar-refractivity contribution in [3.63, 3.8) is 0 Å². The first-order valence-electron chi connectivity index (χ1n) is 4.16. The van der Waals surface area contributed by atoms with Crippen LogP contribution in [0, 0.1) is 0 Å².